The van der Waals surface area contributed by atoms with Gasteiger partial charge >= 0.3 is 5.97 Å². The molecule has 1 aliphatic rings. The van der Waals surface area contributed by atoms with Crippen molar-refractivity contribution in [3.63, 3.8) is 0 Å². The minimum atomic E-state index is -0.503. The maximum absolute atomic E-state index is 12.3. The Hall–Kier alpha value is -3.09. The summed E-state index contributed by atoms with van der Waals surface area (Å²) in [4.78, 5) is 16.7. The van der Waals surface area contributed by atoms with Gasteiger partial charge in [-0.1, -0.05) is 57.9 Å². The molecule has 0 spiro atoms. The van der Waals surface area contributed by atoms with Gasteiger partial charge in [0.15, 0.2) is 17.2 Å². The standard InChI is InChI=1S/C25H19BrClNO4/c1-2-30-23-13-16(10-11-22(23)31-15-18-6-3-4-9-20(18)27)12-21-25(29)32-24(28-21)17-7-5-8-19(26)14-17/h3-14H,2,15H2,1H3/b21-12-. The van der Waals surface area contributed by atoms with Crippen LogP contribution in [-0.4, -0.2) is 18.5 Å². The van der Waals surface area contributed by atoms with E-state index in [-0.39, 0.29) is 11.6 Å². The molecule has 4 rings (SSSR count). The van der Waals surface area contributed by atoms with Crippen LogP contribution in [-0.2, 0) is 16.1 Å². The Morgan fingerprint density at radius 3 is 2.66 bits per heavy atom. The molecule has 0 bridgehead atoms. The summed E-state index contributed by atoms with van der Waals surface area (Å²) < 4.78 is 17.9. The van der Waals surface area contributed by atoms with Gasteiger partial charge in [0, 0.05) is 20.6 Å². The Labute approximate surface area is 199 Å². The maximum atomic E-state index is 12.3. The zero-order valence-corrected chi connectivity index (χ0v) is 19.5. The molecular weight excluding hydrogens is 494 g/mol. The van der Waals surface area contributed by atoms with Crippen LogP contribution in [0.4, 0.5) is 0 Å². The van der Waals surface area contributed by atoms with Crippen molar-refractivity contribution in [2.75, 3.05) is 6.61 Å². The zero-order chi connectivity index (χ0) is 22.5. The number of carbonyl (C=O) groups is 1. The van der Waals surface area contributed by atoms with E-state index in [1.165, 1.54) is 0 Å². The first-order chi connectivity index (χ1) is 15.5. The number of nitrogens with zero attached hydrogens (tertiary/aromatic N) is 1. The van der Waals surface area contributed by atoms with Crippen LogP contribution >= 0.6 is 27.5 Å². The first-order valence-electron chi connectivity index (χ1n) is 9.95. The second-order valence-corrected chi connectivity index (χ2v) is 8.19. The first kappa shape index (κ1) is 22.1. The van der Waals surface area contributed by atoms with Crippen LogP contribution < -0.4 is 9.47 Å². The number of carbonyl (C=O) groups excluding carboxylic acids is 1. The lowest BCUT2D eigenvalue weighted by atomic mass is 10.1. The normalized spacial score (nSPS) is 14.3. The number of hydrogen-bond donors (Lipinski definition) is 0. The molecule has 0 saturated carbocycles. The molecule has 0 amide bonds. The van der Waals surface area contributed by atoms with Gasteiger partial charge < -0.3 is 14.2 Å². The molecule has 1 aliphatic heterocycles. The van der Waals surface area contributed by atoms with Gasteiger partial charge in [0.25, 0.3) is 0 Å². The minimum Gasteiger partial charge on any atom is -0.490 e. The number of benzene rings is 3. The summed E-state index contributed by atoms with van der Waals surface area (Å²) in [6, 6.07) is 20.4. The lowest BCUT2D eigenvalue weighted by Crippen LogP contribution is -2.05. The molecule has 0 atom stereocenters. The van der Waals surface area contributed by atoms with Gasteiger partial charge in [-0.3, -0.25) is 0 Å². The molecule has 0 radical (unpaired) electrons. The summed E-state index contributed by atoms with van der Waals surface area (Å²) in [7, 11) is 0. The number of esters is 1. The lowest BCUT2D eigenvalue weighted by Gasteiger charge is -2.13. The molecule has 1 heterocycles. The highest BCUT2D eigenvalue weighted by molar-refractivity contribution is 9.10. The van der Waals surface area contributed by atoms with E-state index in [9.17, 15) is 4.79 Å². The van der Waals surface area contributed by atoms with Crippen LogP contribution in [0.5, 0.6) is 11.5 Å². The molecule has 0 aliphatic carbocycles. The zero-order valence-electron chi connectivity index (χ0n) is 17.2. The minimum absolute atomic E-state index is 0.215. The Kier molecular flexibility index (Phi) is 6.93. The van der Waals surface area contributed by atoms with E-state index in [1.54, 1.807) is 18.2 Å². The third kappa shape index (κ3) is 5.21. The van der Waals surface area contributed by atoms with Crippen molar-refractivity contribution in [2.24, 2.45) is 4.99 Å². The summed E-state index contributed by atoms with van der Waals surface area (Å²) in [6.07, 6.45) is 1.66. The molecule has 162 valence electrons. The molecule has 0 unspecified atom stereocenters. The summed E-state index contributed by atoms with van der Waals surface area (Å²) in [5, 5.41) is 0.644. The van der Waals surface area contributed by atoms with Crippen molar-refractivity contribution in [1.82, 2.24) is 0 Å². The summed E-state index contributed by atoms with van der Waals surface area (Å²) in [5.74, 6) is 0.918. The molecule has 7 heteroatoms. The Bertz CT molecular complexity index is 1220. The third-order valence-electron chi connectivity index (χ3n) is 4.60. The van der Waals surface area contributed by atoms with E-state index in [4.69, 9.17) is 25.8 Å². The van der Waals surface area contributed by atoms with Crippen LogP contribution in [0.1, 0.15) is 23.6 Å². The molecule has 3 aromatic carbocycles. The molecular formula is C25H19BrClNO4. The van der Waals surface area contributed by atoms with E-state index >= 15 is 0 Å². The number of rotatable bonds is 7. The highest BCUT2D eigenvalue weighted by atomic mass is 79.9. The fourth-order valence-electron chi connectivity index (χ4n) is 3.08. The average molecular weight is 513 g/mol. The first-order valence-corrected chi connectivity index (χ1v) is 11.1. The highest BCUT2D eigenvalue weighted by Gasteiger charge is 2.24. The van der Waals surface area contributed by atoms with Crippen LogP contribution in [0, 0.1) is 0 Å². The Morgan fingerprint density at radius 2 is 1.88 bits per heavy atom. The van der Waals surface area contributed by atoms with Gasteiger partial charge in [-0.25, -0.2) is 9.79 Å². The van der Waals surface area contributed by atoms with Gasteiger partial charge in [-0.05, 0) is 55.0 Å². The molecule has 32 heavy (non-hydrogen) atoms. The van der Waals surface area contributed by atoms with Gasteiger partial charge in [0.1, 0.15) is 6.61 Å². The van der Waals surface area contributed by atoms with Crippen LogP contribution in [0.3, 0.4) is 0 Å². The van der Waals surface area contributed by atoms with E-state index in [0.29, 0.717) is 29.7 Å². The summed E-state index contributed by atoms with van der Waals surface area (Å²) >= 11 is 9.62. The summed E-state index contributed by atoms with van der Waals surface area (Å²) in [6.45, 7) is 2.67. The molecule has 0 saturated heterocycles. The van der Waals surface area contributed by atoms with E-state index < -0.39 is 5.97 Å². The molecule has 0 fully saturated rings. The van der Waals surface area contributed by atoms with Crippen molar-refractivity contribution in [1.29, 1.82) is 0 Å². The van der Waals surface area contributed by atoms with Crippen LogP contribution in [0.15, 0.2) is 81.9 Å². The number of hydrogen-bond acceptors (Lipinski definition) is 5. The number of cyclic esters (lactones) is 1. The Morgan fingerprint density at radius 1 is 1.03 bits per heavy atom. The van der Waals surface area contributed by atoms with Crippen molar-refractivity contribution in [3.05, 3.63) is 98.6 Å². The second-order valence-electron chi connectivity index (χ2n) is 6.87. The van der Waals surface area contributed by atoms with E-state index in [2.05, 4.69) is 20.9 Å². The van der Waals surface area contributed by atoms with Crippen molar-refractivity contribution >= 4 is 45.5 Å². The van der Waals surface area contributed by atoms with E-state index in [0.717, 1.165) is 21.2 Å². The van der Waals surface area contributed by atoms with Gasteiger partial charge in [-0.15, -0.1) is 0 Å². The number of ether oxygens (including phenoxy) is 3. The largest absolute Gasteiger partial charge is 0.490 e. The maximum Gasteiger partial charge on any atom is 0.363 e. The van der Waals surface area contributed by atoms with Crippen molar-refractivity contribution < 1.29 is 19.0 Å². The predicted octanol–water partition coefficient (Wildman–Crippen LogP) is 6.42. The fourth-order valence-corrected chi connectivity index (χ4v) is 3.67. The predicted molar refractivity (Wildman–Crippen MR) is 128 cm³/mol. The van der Waals surface area contributed by atoms with Crippen LogP contribution in [0.2, 0.25) is 5.02 Å². The monoisotopic (exact) mass is 511 g/mol. The van der Waals surface area contributed by atoms with E-state index in [1.807, 2.05) is 61.5 Å². The van der Waals surface area contributed by atoms with Gasteiger partial charge in [0.2, 0.25) is 5.90 Å². The average Bonchev–Trinajstić information content (AvgIpc) is 3.15. The van der Waals surface area contributed by atoms with Crippen LogP contribution in [0.25, 0.3) is 6.08 Å². The molecule has 5 nitrogen and oxygen atoms in total. The van der Waals surface area contributed by atoms with Crippen molar-refractivity contribution in [2.45, 2.75) is 13.5 Å². The number of aliphatic imine (C=N–C) groups is 1. The number of halogens is 2. The second kappa shape index (κ2) is 10.0. The van der Waals surface area contributed by atoms with Gasteiger partial charge in [0.05, 0.1) is 6.61 Å². The third-order valence-corrected chi connectivity index (χ3v) is 5.47. The van der Waals surface area contributed by atoms with Crippen molar-refractivity contribution in [3.8, 4) is 11.5 Å². The highest BCUT2D eigenvalue weighted by Crippen LogP contribution is 2.31. The Balaban J connectivity index is 1.57. The molecule has 0 N–H and O–H groups in total. The smallest absolute Gasteiger partial charge is 0.363 e. The fraction of sp³-hybridized carbons (Fsp3) is 0.120. The topological polar surface area (TPSA) is 57.1 Å². The molecule has 0 aromatic heterocycles. The summed E-state index contributed by atoms with van der Waals surface area (Å²) in [5.41, 5.74) is 2.55. The van der Waals surface area contributed by atoms with Gasteiger partial charge in [-0.2, -0.15) is 0 Å². The SMILES string of the molecule is CCOc1cc(/C=C2\N=C(c3cccc(Br)c3)OC2=O)ccc1OCc1ccccc1Cl. The lowest BCUT2D eigenvalue weighted by molar-refractivity contribution is -0.129. The quantitative estimate of drug-likeness (QED) is 0.271. The molecule has 3 aromatic rings.